The monoisotopic (exact) mass is 335 g/mol. The van der Waals surface area contributed by atoms with E-state index >= 15 is 0 Å². The van der Waals surface area contributed by atoms with Gasteiger partial charge in [-0.05, 0) is 39.2 Å². The number of rotatable bonds is 6. The molecular formula is C18H29N3O3. The van der Waals surface area contributed by atoms with Crippen LogP contribution in [0.5, 0.6) is 0 Å². The van der Waals surface area contributed by atoms with Gasteiger partial charge < -0.3 is 15.0 Å². The van der Waals surface area contributed by atoms with E-state index in [0.717, 1.165) is 19.4 Å². The first-order valence-electron chi connectivity index (χ1n) is 8.64. The lowest BCUT2D eigenvalue weighted by atomic mass is 9.98. The summed E-state index contributed by atoms with van der Waals surface area (Å²) in [4.78, 5) is 25.4. The minimum absolute atomic E-state index is 0.00906. The number of nitrogens with one attached hydrogen (secondary N) is 1. The standard InChI is InChI=1S/C18H29N3O3/c1-5-6-13-9-20(12-16(22)23)11-15(13)19-17(24)14-7-8-21(10-14)18(2,3)4/h7-8,10,13,15H,5-6,9,11-12H2,1-4H3,(H,19,24)(H,22,23)/t13-,15-/m1/s1. The molecule has 2 heterocycles. The summed E-state index contributed by atoms with van der Waals surface area (Å²) in [6.45, 7) is 9.75. The predicted octanol–water partition coefficient (Wildman–Crippen LogP) is 2.16. The molecule has 0 saturated carbocycles. The minimum Gasteiger partial charge on any atom is -0.480 e. The second kappa shape index (κ2) is 7.38. The maximum absolute atomic E-state index is 12.6. The third-order valence-electron chi connectivity index (χ3n) is 4.58. The topological polar surface area (TPSA) is 74.6 Å². The number of likely N-dealkylation sites (tertiary alicyclic amines) is 1. The Labute approximate surface area is 143 Å². The lowest BCUT2D eigenvalue weighted by molar-refractivity contribution is -0.138. The average Bonchev–Trinajstić information content (AvgIpc) is 3.06. The number of carbonyl (C=O) groups excluding carboxylic acids is 1. The molecule has 0 unspecified atom stereocenters. The molecule has 1 amide bonds. The third-order valence-corrected chi connectivity index (χ3v) is 4.58. The number of hydrogen-bond donors (Lipinski definition) is 2. The van der Waals surface area contributed by atoms with Crippen LogP contribution in [0.2, 0.25) is 0 Å². The van der Waals surface area contributed by atoms with E-state index in [1.165, 1.54) is 0 Å². The van der Waals surface area contributed by atoms with Gasteiger partial charge in [0, 0.05) is 37.1 Å². The maximum atomic E-state index is 12.6. The summed E-state index contributed by atoms with van der Waals surface area (Å²) in [5.41, 5.74) is 0.589. The molecule has 2 atom stereocenters. The van der Waals surface area contributed by atoms with Crippen LogP contribution in [0.25, 0.3) is 0 Å². The van der Waals surface area contributed by atoms with Crippen LogP contribution in [0, 0.1) is 5.92 Å². The number of carboxylic acids is 1. The molecule has 1 fully saturated rings. The molecular weight excluding hydrogens is 306 g/mol. The Balaban J connectivity index is 2.03. The number of carbonyl (C=O) groups is 2. The van der Waals surface area contributed by atoms with E-state index in [0.29, 0.717) is 18.0 Å². The molecule has 134 valence electrons. The van der Waals surface area contributed by atoms with Crippen LogP contribution in [0.1, 0.15) is 50.9 Å². The zero-order valence-electron chi connectivity index (χ0n) is 15.1. The van der Waals surface area contributed by atoms with Crippen molar-refractivity contribution in [2.45, 2.75) is 52.1 Å². The highest BCUT2D eigenvalue weighted by atomic mass is 16.4. The summed E-state index contributed by atoms with van der Waals surface area (Å²) in [6.07, 6.45) is 5.81. The second-order valence-corrected chi connectivity index (χ2v) is 7.69. The molecule has 1 saturated heterocycles. The van der Waals surface area contributed by atoms with Crippen molar-refractivity contribution in [2.24, 2.45) is 5.92 Å². The number of aliphatic carboxylic acids is 1. The van der Waals surface area contributed by atoms with Crippen LogP contribution >= 0.6 is 0 Å². The van der Waals surface area contributed by atoms with Crippen LogP contribution in [-0.4, -0.2) is 52.1 Å². The SMILES string of the molecule is CCC[C@@H]1CN(CC(=O)O)C[C@H]1NC(=O)c1ccn(C(C)(C)C)c1. The van der Waals surface area contributed by atoms with E-state index in [2.05, 4.69) is 33.0 Å². The Bertz CT molecular complexity index is 589. The van der Waals surface area contributed by atoms with Gasteiger partial charge in [-0.1, -0.05) is 13.3 Å². The summed E-state index contributed by atoms with van der Waals surface area (Å²) < 4.78 is 2.02. The zero-order chi connectivity index (χ0) is 17.9. The number of amides is 1. The molecule has 24 heavy (non-hydrogen) atoms. The van der Waals surface area contributed by atoms with E-state index < -0.39 is 5.97 Å². The van der Waals surface area contributed by atoms with Gasteiger partial charge in [0.05, 0.1) is 12.1 Å². The van der Waals surface area contributed by atoms with Crippen molar-refractivity contribution in [3.63, 3.8) is 0 Å². The van der Waals surface area contributed by atoms with E-state index in [1.807, 2.05) is 27.9 Å². The van der Waals surface area contributed by atoms with Gasteiger partial charge in [0.15, 0.2) is 0 Å². The first-order valence-corrected chi connectivity index (χ1v) is 8.64. The summed E-state index contributed by atoms with van der Waals surface area (Å²) in [7, 11) is 0. The fraction of sp³-hybridized carbons (Fsp3) is 0.667. The Kier molecular flexibility index (Phi) is 5.70. The molecule has 6 nitrogen and oxygen atoms in total. The van der Waals surface area contributed by atoms with Gasteiger partial charge in [0.2, 0.25) is 0 Å². The van der Waals surface area contributed by atoms with Crippen LogP contribution in [0.4, 0.5) is 0 Å². The van der Waals surface area contributed by atoms with Crippen molar-refractivity contribution in [3.8, 4) is 0 Å². The second-order valence-electron chi connectivity index (χ2n) is 7.69. The molecule has 6 heteroatoms. The van der Waals surface area contributed by atoms with E-state index in [1.54, 1.807) is 0 Å². The largest absolute Gasteiger partial charge is 0.480 e. The summed E-state index contributed by atoms with van der Waals surface area (Å²) in [6, 6.07) is 1.84. The number of aromatic nitrogens is 1. The number of hydrogen-bond acceptors (Lipinski definition) is 3. The van der Waals surface area contributed by atoms with E-state index in [4.69, 9.17) is 5.11 Å². The van der Waals surface area contributed by atoms with Crippen molar-refractivity contribution in [1.29, 1.82) is 0 Å². The minimum atomic E-state index is -0.820. The van der Waals surface area contributed by atoms with Gasteiger partial charge in [-0.25, -0.2) is 0 Å². The van der Waals surface area contributed by atoms with Crippen LogP contribution in [0.3, 0.4) is 0 Å². The predicted molar refractivity (Wildman–Crippen MR) is 93.2 cm³/mol. The highest BCUT2D eigenvalue weighted by Gasteiger charge is 2.34. The molecule has 1 aromatic heterocycles. The molecule has 1 aliphatic heterocycles. The highest BCUT2D eigenvalue weighted by Crippen LogP contribution is 2.22. The number of carboxylic acid groups (broad SMARTS) is 1. The molecule has 0 radical (unpaired) electrons. The molecule has 2 N–H and O–H groups in total. The summed E-state index contributed by atoms with van der Waals surface area (Å²) in [5, 5.41) is 12.1. The Hall–Kier alpha value is -1.82. The highest BCUT2D eigenvalue weighted by molar-refractivity contribution is 5.94. The fourth-order valence-corrected chi connectivity index (χ4v) is 3.31. The lowest BCUT2D eigenvalue weighted by Crippen LogP contribution is -2.40. The van der Waals surface area contributed by atoms with E-state index in [9.17, 15) is 9.59 Å². The van der Waals surface area contributed by atoms with Crippen molar-refractivity contribution >= 4 is 11.9 Å². The van der Waals surface area contributed by atoms with Gasteiger partial charge in [0.25, 0.3) is 5.91 Å². The van der Waals surface area contributed by atoms with Crippen molar-refractivity contribution in [2.75, 3.05) is 19.6 Å². The van der Waals surface area contributed by atoms with Gasteiger partial charge in [-0.3, -0.25) is 14.5 Å². The van der Waals surface area contributed by atoms with Gasteiger partial charge in [-0.2, -0.15) is 0 Å². The van der Waals surface area contributed by atoms with Gasteiger partial charge in [0.1, 0.15) is 0 Å². The first-order chi connectivity index (χ1) is 11.2. The van der Waals surface area contributed by atoms with Crippen LogP contribution in [-0.2, 0) is 10.3 Å². The quantitative estimate of drug-likeness (QED) is 0.835. The first kappa shape index (κ1) is 18.5. The zero-order valence-corrected chi connectivity index (χ0v) is 15.1. The summed E-state index contributed by atoms with van der Waals surface area (Å²) in [5.74, 6) is -0.594. The third kappa shape index (κ3) is 4.60. The van der Waals surface area contributed by atoms with Crippen LogP contribution < -0.4 is 5.32 Å². The van der Waals surface area contributed by atoms with Crippen molar-refractivity contribution in [1.82, 2.24) is 14.8 Å². The van der Waals surface area contributed by atoms with Crippen molar-refractivity contribution < 1.29 is 14.7 Å². The fourth-order valence-electron chi connectivity index (χ4n) is 3.31. The molecule has 0 bridgehead atoms. The van der Waals surface area contributed by atoms with E-state index in [-0.39, 0.29) is 24.0 Å². The molecule has 0 spiro atoms. The normalized spacial score (nSPS) is 21.8. The molecule has 1 aliphatic rings. The van der Waals surface area contributed by atoms with Gasteiger partial charge in [-0.15, -0.1) is 0 Å². The Morgan fingerprint density at radius 1 is 1.33 bits per heavy atom. The van der Waals surface area contributed by atoms with Gasteiger partial charge >= 0.3 is 5.97 Å². The maximum Gasteiger partial charge on any atom is 0.317 e. The summed E-state index contributed by atoms with van der Waals surface area (Å²) >= 11 is 0. The Morgan fingerprint density at radius 3 is 2.58 bits per heavy atom. The molecule has 0 aromatic carbocycles. The smallest absolute Gasteiger partial charge is 0.317 e. The van der Waals surface area contributed by atoms with Crippen molar-refractivity contribution in [3.05, 3.63) is 24.0 Å². The average molecular weight is 335 g/mol. The lowest BCUT2D eigenvalue weighted by Gasteiger charge is -2.21. The number of nitrogens with zero attached hydrogens (tertiary/aromatic N) is 2. The molecule has 0 aliphatic carbocycles. The molecule has 2 rings (SSSR count). The Morgan fingerprint density at radius 2 is 2.04 bits per heavy atom. The van der Waals surface area contributed by atoms with Crippen LogP contribution in [0.15, 0.2) is 18.5 Å². The molecule has 1 aromatic rings.